The zero-order valence-corrected chi connectivity index (χ0v) is 17.3. The summed E-state index contributed by atoms with van der Waals surface area (Å²) in [6.07, 6.45) is 3.18. The fourth-order valence-electron chi connectivity index (χ4n) is 3.59. The predicted octanol–water partition coefficient (Wildman–Crippen LogP) is 3.92. The van der Waals surface area contributed by atoms with Gasteiger partial charge in [0.25, 0.3) is 5.91 Å². The number of hydrogen-bond donors (Lipinski definition) is 2. The summed E-state index contributed by atoms with van der Waals surface area (Å²) in [7, 11) is 0. The Balaban J connectivity index is 1.43. The molecule has 8 heteroatoms. The molecule has 0 saturated carbocycles. The molecule has 1 aliphatic rings. The Hall–Kier alpha value is -3.19. The molecule has 30 heavy (non-hydrogen) atoms. The van der Waals surface area contributed by atoms with Crippen LogP contribution in [0.2, 0.25) is 5.02 Å². The number of benzene rings is 1. The molecule has 1 aliphatic heterocycles. The second-order valence-electron chi connectivity index (χ2n) is 7.42. The van der Waals surface area contributed by atoms with Crippen molar-refractivity contribution < 1.29 is 9.59 Å². The summed E-state index contributed by atoms with van der Waals surface area (Å²) in [5, 5.41) is 10.5. The van der Waals surface area contributed by atoms with Crippen LogP contribution < -0.4 is 5.32 Å². The van der Waals surface area contributed by atoms with E-state index in [0.29, 0.717) is 40.9 Å². The number of aromatic amines is 1. The van der Waals surface area contributed by atoms with E-state index in [9.17, 15) is 9.59 Å². The average molecular weight is 424 g/mol. The lowest BCUT2D eigenvalue weighted by molar-refractivity contribution is -0.121. The van der Waals surface area contributed by atoms with Crippen LogP contribution in [0.5, 0.6) is 0 Å². The standard InChI is InChI=1S/C22H22ClN5O2/c1-14-7-8-16(23)11-18(14)25-21(29)15-5-4-10-28(13-15)22(30)20-12-19(26-27-20)17-6-2-3-9-24-17/h2-3,6-9,11-12,15H,4-5,10,13H2,1H3,(H,25,29)(H,26,27). The number of aromatic nitrogens is 3. The predicted molar refractivity (Wildman–Crippen MR) is 115 cm³/mol. The van der Waals surface area contributed by atoms with E-state index in [4.69, 9.17) is 11.6 Å². The van der Waals surface area contributed by atoms with Crippen LogP contribution in [0.3, 0.4) is 0 Å². The number of carbonyl (C=O) groups excluding carboxylic acids is 2. The van der Waals surface area contributed by atoms with Gasteiger partial charge in [-0.1, -0.05) is 23.7 Å². The number of rotatable bonds is 4. The molecule has 1 atom stereocenters. The number of H-pyrrole nitrogens is 1. The molecule has 2 amide bonds. The van der Waals surface area contributed by atoms with Gasteiger partial charge in [-0.3, -0.25) is 19.7 Å². The van der Waals surface area contributed by atoms with Crippen LogP contribution in [-0.2, 0) is 4.79 Å². The van der Waals surface area contributed by atoms with Gasteiger partial charge in [0.1, 0.15) is 11.4 Å². The zero-order chi connectivity index (χ0) is 21.1. The second kappa shape index (κ2) is 8.67. The van der Waals surface area contributed by atoms with Gasteiger partial charge >= 0.3 is 0 Å². The maximum absolute atomic E-state index is 13.0. The molecule has 7 nitrogen and oxygen atoms in total. The van der Waals surface area contributed by atoms with Crippen LogP contribution in [0.25, 0.3) is 11.4 Å². The average Bonchev–Trinajstić information content (AvgIpc) is 3.27. The highest BCUT2D eigenvalue weighted by atomic mass is 35.5. The van der Waals surface area contributed by atoms with Crippen molar-refractivity contribution in [2.24, 2.45) is 5.92 Å². The molecule has 1 fully saturated rings. The minimum absolute atomic E-state index is 0.100. The van der Waals surface area contributed by atoms with E-state index < -0.39 is 0 Å². The fraction of sp³-hybridized carbons (Fsp3) is 0.273. The largest absolute Gasteiger partial charge is 0.337 e. The SMILES string of the molecule is Cc1ccc(Cl)cc1NC(=O)C1CCCN(C(=O)c2cc(-c3ccccn3)n[nH]2)C1. The molecule has 1 unspecified atom stereocenters. The summed E-state index contributed by atoms with van der Waals surface area (Å²) in [6.45, 7) is 2.89. The molecule has 2 aromatic heterocycles. The van der Waals surface area contributed by atoms with Crippen molar-refractivity contribution in [3.8, 4) is 11.4 Å². The Morgan fingerprint density at radius 2 is 2.07 bits per heavy atom. The number of nitrogens with zero attached hydrogens (tertiary/aromatic N) is 3. The highest BCUT2D eigenvalue weighted by molar-refractivity contribution is 6.31. The van der Waals surface area contributed by atoms with Crippen molar-refractivity contribution in [1.82, 2.24) is 20.1 Å². The topological polar surface area (TPSA) is 91.0 Å². The molecule has 0 aliphatic carbocycles. The molecule has 0 radical (unpaired) electrons. The van der Waals surface area contributed by atoms with E-state index >= 15 is 0 Å². The first kappa shape index (κ1) is 20.1. The molecule has 3 aromatic rings. The molecular weight excluding hydrogens is 402 g/mol. The van der Waals surface area contributed by atoms with Gasteiger partial charge in [-0.05, 0) is 55.7 Å². The van der Waals surface area contributed by atoms with Gasteiger partial charge < -0.3 is 10.2 Å². The molecule has 4 rings (SSSR count). The lowest BCUT2D eigenvalue weighted by atomic mass is 9.96. The third-order valence-electron chi connectivity index (χ3n) is 5.27. The molecular formula is C22H22ClN5O2. The van der Waals surface area contributed by atoms with E-state index in [1.807, 2.05) is 31.2 Å². The Labute approximate surface area is 179 Å². The number of likely N-dealkylation sites (tertiary alicyclic amines) is 1. The summed E-state index contributed by atoms with van der Waals surface area (Å²) in [4.78, 5) is 31.7. The molecule has 0 bridgehead atoms. The number of amides is 2. The van der Waals surface area contributed by atoms with Crippen LogP contribution in [0, 0.1) is 12.8 Å². The third kappa shape index (κ3) is 4.36. The number of nitrogens with one attached hydrogen (secondary N) is 2. The van der Waals surface area contributed by atoms with Crippen molar-refractivity contribution in [1.29, 1.82) is 0 Å². The lowest BCUT2D eigenvalue weighted by Gasteiger charge is -2.31. The minimum Gasteiger partial charge on any atom is -0.337 e. The minimum atomic E-state index is -0.278. The highest BCUT2D eigenvalue weighted by Crippen LogP contribution is 2.24. The lowest BCUT2D eigenvalue weighted by Crippen LogP contribution is -2.44. The smallest absolute Gasteiger partial charge is 0.271 e. The molecule has 1 aromatic carbocycles. The van der Waals surface area contributed by atoms with Crippen molar-refractivity contribution in [2.75, 3.05) is 18.4 Å². The molecule has 2 N–H and O–H groups in total. The van der Waals surface area contributed by atoms with Gasteiger partial charge in [0, 0.05) is 30.0 Å². The first-order valence-corrected chi connectivity index (χ1v) is 10.2. The van der Waals surface area contributed by atoms with E-state index in [1.165, 1.54) is 0 Å². The van der Waals surface area contributed by atoms with Crippen LogP contribution in [0.4, 0.5) is 5.69 Å². The first-order chi connectivity index (χ1) is 14.5. The number of carbonyl (C=O) groups is 2. The molecule has 154 valence electrons. The Bertz CT molecular complexity index is 1070. The molecule has 3 heterocycles. The van der Waals surface area contributed by atoms with Crippen LogP contribution in [0.15, 0.2) is 48.7 Å². The number of halogens is 1. The molecule has 1 saturated heterocycles. The maximum atomic E-state index is 13.0. The monoisotopic (exact) mass is 423 g/mol. The summed E-state index contributed by atoms with van der Waals surface area (Å²) in [5.41, 5.74) is 3.34. The highest BCUT2D eigenvalue weighted by Gasteiger charge is 2.30. The van der Waals surface area contributed by atoms with E-state index in [-0.39, 0.29) is 17.7 Å². The van der Waals surface area contributed by atoms with Gasteiger partial charge in [0.05, 0.1) is 11.6 Å². The Morgan fingerprint density at radius 3 is 2.87 bits per heavy atom. The third-order valence-corrected chi connectivity index (χ3v) is 5.51. The zero-order valence-electron chi connectivity index (χ0n) is 16.6. The van der Waals surface area contributed by atoms with Crippen molar-refractivity contribution in [3.05, 3.63) is 64.9 Å². The van der Waals surface area contributed by atoms with Crippen LogP contribution >= 0.6 is 11.6 Å². The first-order valence-electron chi connectivity index (χ1n) is 9.84. The maximum Gasteiger partial charge on any atom is 0.271 e. The van der Waals surface area contributed by atoms with E-state index in [2.05, 4.69) is 20.5 Å². The summed E-state index contributed by atoms with van der Waals surface area (Å²) in [6, 6.07) is 12.6. The van der Waals surface area contributed by atoms with Gasteiger partial charge in [-0.15, -0.1) is 0 Å². The number of piperidine rings is 1. The number of hydrogen-bond acceptors (Lipinski definition) is 4. The Kier molecular flexibility index (Phi) is 5.81. The number of anilines is 1. The van der Waals surface area contributed by atoms with Crippen molar-refractivity contribution in [3.63, 3.8) is 0 Å². The molecule has 0 spiro atoms. The number of aryl methyl sites for hydroxylation is 1. The summed E-state index contributed by atoms with van der Waals surface area (Å²) >= 11 is 6.05. The van der Waals surface area contributed by atoms with Crippen molar-refractivity contribution >= 4 is 29.1 Å². The van der Waals surface area contributed by atoms with Gasteiger partial charge in [-0.25, -0.2) is 0 Å². The second-order valence-corrected chi connectivity index (χ2v) is 7.86. The summed E-state index contributed by atoms with van der Waals surface area (Å²) in [5.74, 6) is -0.544. The van der Waals surface area contributed by atoms with E-state index in [0.717, 1.165) is 18.4 Å². The Morgan fingerprint density at radius 1 is 1.20 bits per heavy atom. The quantitative estimate of drug-likeness (QED) is 0.665. The fourth-order valence-corrected chi connectivity index (χ4v) is 3.76. The van der Waals surface area contributed by atoms with Crippen molar-refractivity contribution in [2.45, 2.75) is 19.8 Å². The van der Waals surface area contributed by atoms with Crippen LogP contribution in [0.1, 0.15) is 28.9 Å². The van der Waals surface area contributed by atoms with Gasteiger partial charge in [0.15, 0.2) is 0 Å². The van der Waals surface area contributed by atoms with Crippen LogP contribution in [-0.4, -0.2) is 45.0 Å². The van der Waals surface area contributed by atoms with Gasteiger partial charge in [0.2, 0.25) is 5.91 Å². The normalized spacial score (nSPS) is 16.3. The van der Waals surface area contributed by atoms with Gasteiger partial charge in [-0.2, -0.15) is 5.10 Å². The van der Waals surface area contributed by atoms with E-state index in [1.54, 1.807) is 29.3 Å². The number of pyridine rings is 1. The summed E-state index contributed by atoms with van der Waals surface area (Å²) < 4.78 is 0.